The summed E-state index contributed by atoms with van der Waals surface area (Å²) in [7, 11) is 1.63. The number of fused-ring (bicyclic) bond motifs is 2. The van der Waals surface area contributed by atoms with E-state index >= 15 is 0 Å². The van der Waals surface area contributed by atoms with Crippen LogP contribution in [-0.2, 0) is 16.1 Å². The number of anilines is 2. The highest BCUT2D eigenvalue weighted by Gasteiger charge is 2.43. The fourth-order valence-corrected chi connectivity index (χ4v) is 6.09. The van der Waals surface area contributed by atoms with Gasteiger partial charge in [0.2, 0.25) is 5.91 Å². The van der Waals surface area contributed by atoms with Crippen LogP contribution in [-0.4, -0.2) is 52.7 Å². The van der Waals surface area contributed by atoms with Crippen molar-refractivity contribution in [3.05, 3.63) is 119 Å². The predicted molar refractivity (Wildman–Crippen MR) is 193 cm³/mol. The minimum absolute atomic E-state index is 0. The summed E-state index contributed by atoms with van der Waals surface area (Å²) in [6, 6.07) is 29.0. The fraction of sp³-hybridized carbons (Fsp3) is 0.184. The predicted octanol–water partition coefficient (Wildman–Crippen LogP) is 4.74. The molecule has 0 aliphatic carbocycles. The Balaban J connectivity index is 0.00000504. The van der Waals surface area contributed by atoms with E-state index in [4.69, 9.17) is 5.10 Å². The van der Waals surface area contributed by atoms with Crippen LogP contribution >= 0.6 is 12.4 Å². The highest BCUT2D eigenvalue weighted by Crippen LogP contribution is 2.39. The molecule has 3 atom stereocenters. The van der Waals surface area contributed by atoms with Gasteiger partial charge in [-0.25, -0.2) is 4.68 Å². The van der Waals surface area contributed by atoms with Gasteiger partial charge in [0.25, 0.3) is 11.8 Å². The summed E-state index contributed by atoms with van der Waals surface area (Å²) >= 11 is 0. The molecule has 1 unspecified atom stereocenters. The Morgan fingerprint density at radius 1 is 0.863 bits per heavy atom. The number of nitrogens with one attached hydrogen (secondary N) is 2. The summed E-state index contributed by atoms with van der Waals surface area (Å²) in [6.07, 6.45) is 0. The standard InChI is InChI=1S/C38H31N9O3.ClH/c1-23(42-3)36(48)43-35-24(2)46(37(49)27-15-12-25(19-39)13-16-27)34-18-26(20-40)14-17-33(34)45(38(35)50)22-30-29-9-5-7-11-32(29)47(44-30)31-10-6-4-8-28(31)21-41;/h4-18,23-24,35,42H,22H2,1-3H3,(H,43,48);1H/t23?,24-,35-;/m0./s1. The van der Waals surface area contributed by atoms with Crippen molar-refractivity contribution in [2.24, 2.45) is 0 Å². The second kappa shape index (κ2) is 14.9. The van der Waals surface area contributed by atoms with Crippen molar-refractivity contribution in [3.8, 4) is 23.9 Å². The number of carbonyl (C=O) groups excluding carboxylic acids is 3. The smallest absolute Gasteiger partial charge is 0.258 e. The molecule has 12 nitrogen and oxygen atoms in total. The number of hydrogen-bond acceptors (Lipinski definition) is 8. The Kier molecular flexibility index (Phi) is 10.5. The Hall–Kier alpha value is -6.52. The van der Waals surface area contributed by atoms with Crippen LogP contribution < -0.4 is 20.4 Å². The van der Waals surface area contributed by atoms with Crippen LogP contribution in [0, 0.1) is 34.0 Å². The molecule has 2 heterocycles. The highest BCUT2D eigenvalue weighted by molar-refractivity contribution is 6.13. The third-order valence-electron chi connectivity index (χ3n) is 8.90. The number of amides is 3. The van der Waals surface area contributed by atoms with Crippen LogP contribution in [0.3, 0.4) is 0 Å². The molecular weight excluding hydrogens is 666 g/mol. The van der Waals surface area contributed by atoms with E-state index in [2.05, 4.69) is 22.8 Å². The molecule has 0 fully saturated rings. The number of halogens is 1. The van der Waals surface area contributed by atoms with Gasteiger partial charge >= 0.3 is 0 Å². The van der Waals surface area contributed by atoms with Crippen LogP contribution in [0.15, 0.2) is 91.0 Å². The van der Waals surface area contributed by atoms with Crippen molar-refractivity contribution < 1.29 is 14.4 Å². The van der Waals surface area contributed by atoms with Crippen molar-refractivity contribution in [2.75, 3.05) is 16.8 Å². The van der Waals surface area contributed by atoms with E-state index in [1.54, 1.807) is 62.0 Å². The van der Waals surface area contributed by atoms with E-state index in [9.17, 15) is 30.2 Å². The molecule has 3 amide bonds. The molecule has 254 valence electrons. The summed E-state index contributed by atoms with van der Waals surface area (Å²) in [4.78, 5) is 45.4. The molecule has 51 heavy (non-hydrogen) atoms. The average molecular weight is 698 g/mol. The molecule has 6 rings (SSSR count). The van der Waals surface area contributed by atoms with Gasteiger partial charge in [-0.3, -0.25) is 14.4 Å². The SMILES string of the molecule is CNC(C)C(=O)N[C@@H]1C(=O)N(Cc2nn(-c3ccccc3C#N)c3ccccc23)c2ccc(C#N)cc2N(C(=O)c2ccc(C#N)cc2)[C@H]1C.Cl. The number of rotatable bonds is 7. The molecule has 13 heteroatoms. The zero-order valence-electron chi connectivity index (χ0n) is 27.9. The van der Waals surface area contributed by atoms with E-state index in [-0.39, 0.29) is 35.8 Å². The van der Waals surface area contributed by atoms with Crippen LogP contribution in [0.1, 0.15) is 46.6 Å². The lowest BCUT2D eigenvalue weighted by atomic mass is 10.0. The van der Waals surface area contributed by atoms with Gasteiger partial charge in [-0.05, 0) is 81.6 Å². The Labute approximate surface area is 300 Å². The van der Waals surface area contributed by atoms with Crippen LogP contribution in [0.25, 0.3) is 16.6 Å². The first kappa shape index (κ1) is 35.8. The lowest BCUT2D eigenvalue weighted by molar-refractivity contribution is -0.128. The number of nitriles is 3. The molecule has 1 aromatic heterocycles. The van der Waals surface area contributed by atoms with E-state index < -0.39 is 35.8 Å². The first-order valence-corrected chi connectivity index (χ1v) is 15.8. The van der Waals surface area contributed by atoms with Gasteiger partial charge in [0.05, 0.1) is 75.7 Å². The molecule has 1 aliphatic rings. The number of likely N-dealkylation sites (N-methyl/N-ethyl adjacent to an activating group) is 1. The molecule has 5 aromatic rings. The molecule has 0 spiro atoms. The van der Waals surface area contributed by atoms with Gasteiger partial charge < -0.3 is 20.4 Å². The topological polar surface area (TPSA) is 171 Å². The van der Waals surface area contributed by atoms with Gasteiger partial charge in [0, 0.05) is 10.9 Å². The fourth-order valence-electron chi connectivity index (χ4n) is 6.09. The molecule has 0 radical (unpaired) electrons. The van der Waals surface area contributed by atoms with Crippen molar-refractivity contribution in [1.82, 2.24) is 20.4 Å². The van der Waals surface area contributed by atoms with Gasteiger partial charge in [-0.1, -0.05) is 30.3 Å². The van der Waals surface area contributed by atoms with Crippen molar-refractivity contribution in [2.45, 2.75) is 38.5 Å². The maximum atomic E-state index is 14.8. The summed E-state index contributed by atoms with van der Waals surface area (Å²) in [5.74, 6) is -1.43. The van der Waals surface area contributed by atoms with E-state index in [0.717, 1.165) is 5.39 Å². The molecule has 2 N–H and O–H groups in total. The van der Waals surface area contributed by atoms with Gasteiger partial charge in [0.15, 0.2) is 0 Å². The highest BCUT2D eigenvalue weighted by atomic mass is 35.5. The molecular formula is C38H32ClN9O3. The summed E-state index contributed by atoms with van der Waals surface area (Å²) in [6.45, 7) is 3.26. The maximum absolute atomic E-state index is 14.8. The first-order valence-electron chi connectivity index (χ1n) is 15.8. The number of aromatic nitrogens is 2. The Morgan fingerprint density at radius 2 is 1.53 bits per heavy atom. The Bertz CT molecular complexity index is 2280. The normalized spacial score (nSPS) is 15.7. The zero-order chi connectivity index (χ0) is 35.5. The van der Waals surface area contributed by atoms with E-state index in [0.29, 0.717) is 33.7 Å². The van der Waals surface area contributed by atoms with Gasteiger partial charge in [0.1, 0.15) is 12.1 Å². The number of hydrogen-bond donors (Lipinski definition) is 2. The van der Waals surface area contributed by atoms with Gasteiger partial charge in [-0.15, -0.1) is 12.4 Å². The van der Waals surface area contributed by atoms with Crippen molar-refractivity contribution >= 4 is 52.4 Å². The quantitative estimate of drug-likeness (QED) is 0.246. The second-order valence-corrected chi connectivity index (χ2v) is 11.8. The second-order valence-electron chi connectivity index (χ2n) is 11.8. The summed E-state index contributed by atoms with van der Waals surface area (Å²) in [5, 5.41) is 40.5. The summed E-state index contributed by atoms with van der Waals surface area (Å²) in [5.41, 5.74) is 3.70. The molecule has 0 bridgehead atoms. The number of benzene rings is 4. The van der Waals surface area contributed by atoms with Crippen LogP contribution in [0.4, 0.5) is 11.4 Å². The number of nitrogens with zero attached hydrogens (tertiary/aromatic N) is 7. The minimum Gasteiger partial charge on any atom is -0.341 e. The number of para-hydroxylation sites is 2. The minimum atomic E-state index is -1.22. The third kappa shape index (κ3) is 6.60. The third-order valence-corrected chi connectivity index (χ3v) is 8.90. The molecule has 1 aliphatic heterocycles. The van der Waals surface area contributed by atoms with Crippen LogP contribution in [0.5, 0.6) is 0 Å². The van der Waals surface area contributed by atoms with Crippen molar-refractivity contribution in [1.29, 1.82) is 15.8 Å². The lowest BCUT2D eigenvalue weighted by Gasteiger charge is -2.32. The molecule has 4 aromatic carbocycles. The van der Waals surface area contributed by atoms with E-state index in [1.807, 2.05) is 36.4 Å². The first-order chi connectivity index (χ1) is 24.2. The monoisotopic (exact) mass is 697 g/mol. The largest absolute Gasteiger partial charge is 0.341 e. The average Bonchev–Trinajstić information content (AvgIpc) is 3.49. The Morgan fingerprint density at radius 3 is 2.22 bits per heavy atom. The molecule has 0 saturated heterocycles. The summed E-state index contributed by atoms with van der Waals surface area (Å²) < 4.78 is 1.67. The van der Waals surface area contributed by atoms with Gasteiger partial charge in [-0.2, -0.15) is 20.9 Å². The molecule has 0 saturated carbocycles. The van der Waals surface area contributed by atoms with Crippen molar-refractivity contribution in [3.63, 3.8) is 0 Å². The maximum Gasteiger partial charge on any atom is 0.258 e. The number of carbonyl (C=O) groups is 3. The lowest BCUT2D eigenvalue weighted by Crippen LogP contribution is -2.59. The van der Waals surface area contributed by atoms with Crippen LogP contribution in [0.2, 0.25) is 0 Å². The zero-order valence-corrected chi connectivity index (χ0v) is 28.7. The van der Waals surface area contributed by atoms with E-state index in [1.165, 1.54) is 34.1 Å².